The molecule has 0 atom stereocenters. The van der Waals surface area contributed by atoms with Crippen LogP contribution < -0.4 is 10.1 Å². The standard InChI is InChI=1S/C12H15Cl2F3N2O/c1-2-5-18-10-8(13)7-9(14)11(19-10)20-6-3-4-12(15,16)17/h7H,2-6H2,1H3,(H,18,19). The Morgan fingerprint density at radius 3 is 2.60 bits per heavy atom. The molecule has 114 valence electrons. The van der Waals surface area contributed by atoms with Crippen LogP contribution in [0.1, 0.15) is 26.2 Å². The molecule has 20 heavy (non-hydrogen) atoms. The summed E-state index contributed by atoms with van der Waals surface area (Å²) in [5.41, 5.74) is 0. The van der Waals surface area contributed by atoms with Crippen LogP contribution in [-0.2, 0) is 0 Å². The molecule has 0 bridgehead atoms. The van der Waals surface area contributed by atoms with E-state index in [-0.39, 0.29) is 23.9 Å². The van der Waals surface area contributed by atoms with E-state index in [0.29, 0.717) is 17.4 Å². The lowest BCUT2D eigenvalue weighted by Crippen LogP contribution is -2.10. The topological polar surface area (TPSA) is 34.2 Å². The minimum Gasteiger partial charge on any atom is -0.477 e. The molecule has 3 nitrogen and oxygen atoms in total. The Labute approximate surface area is 125 Å². The fourth-order valence-electron chi connectivity index (χ4n) is 1.36. The first-order chi connectivity index (χ1) is 9.33. The van der Waals surface area contributed by atoms with Gasteiger partial charge in [-0.2, -0.15) is 18.2 Å². The van der Waals surface area contributed by atoms with Gasteiger partial charge in [-0.1, -0.05) is 30.1 Å². The van der Waals surface area contributed by atoms with Gasteiger partial charge in [0.2, 0.25) is 5.88 Å². The SMILES string of the molecule is CCCNc1nc(OCCCC(F)(F)F)c(Cl)cc1Cl. The van der Waals surface area contributed by atoms with Crippen LogP contribution >= 0.6 is 23.2 Å². The fraction of sp³-hybridized carbons (Fsp3) is 0.583. The van der Waals surface area contributed by atoms with Crippen LogP contribution in [0.25, 0.3) is 0 Å². The van der Waals surface area contributed by atoms with Gasteiger partial charge in [-0.05, 0) is 18.9 Å². The molecule has 1 aromatic heterocycles. The summed E-state index contributed by atoms with van der Waals surface area (Å²) < 4.78 is 41.1. The molecule has 0 unspecified atom stereocenters. The van der Waals surface area contributed by atoms with Crippen LogP contribution in [0, 0.1) is 0 Å². The Morgan fingerprint density at radius 1 is 1.30 bits per heavy atom. The molecule has 0 radical (unpaired) electrons. The van der Waals surface area contributed by atoms with E-state index in [9.17, 15) is 13.2 Å². The molecular formula is C12H15Cl2F3N2O. The van der Waals surface area contributed by atoms with Gasteiger partial charge < -0.3 is 10.1 Å². The van der Waals surface area contributed by atoms with Gasteiger partial charge in [0, 0.05) is 13.0 Å². The maximum atomic E-state index is 12.0. The quantitative estimate of drug-likeness (QED) is 0.719. The second-order valence-electron chi connectivity index (χ2n) is 4.10. The van der Waals surface area contributed by atoms with E-state index in [1.54, 1.807) is 0 Å². The molecule has 0 saturated carbocycles. The van der Waals surface area contributed by atoms with E-state index in [1.165, 1.54) is 6.07 Å². The van der Waals surface area contributed by atoms with E-state index in [4.69, 9.17) is 27.9 Å². The number of aromatic nitrogens is 1. The molecule has 1 aromatic rings. The Balaban J connectivity index is 2.60. The van der Waals surface area contributed by atoms with Crippen molar-refractivity contribution in [2.75, 3.05) is 18.5 Å². The summed E-state index contributed by atoms with van der Waals surface area (Å²) in [6.45, 7) is 2.54. The number of hydrogen-bond acceptors (Lipinski definition) is 3. The van der Waals surface area contributed by atoms with Gasteiger partial charge in [-0.3, -0.25) is 0 Å². The Morgan fingerprint density at radius 2 is 2.00 bits per heavy atom. The lowest BCUT2D eigenvalue weighted by atomic mass is 10.3. The summed E-state index contributed by atoms with van der Waals surface area (Å²) in [7, 11) is 0. The normalized spacial score (nSPS) is 11.5. The summed E-state index contributed by atoms with van der Waals surface area (Å²) >= 11 is 11.8. The number of nitrogens with one attached hydrogen (secondary N) is 1. The largest absolute Gasteiger partial charge is 0.477 e. The van der Waals surface area contributed by atoms with Crippen molar-refractivity contribution in [3.8, 4) is 5.88 Å². The highest BCUT2D eigenvalue weighted by atomic mass is 35.5. The van der Waals surface area contributed by atoms with Crippen molar-refractivity contribution in [3.05, 3.63) is 16.1 Å². The van der Waals surface area contributed by atoms with Crippen LogP contribution in [0.5, 0.6) is 5.88 Å². The molecule has 1 rings (SSSR count). The first-order valence-corrected chi connectivity index (χ1v) is 6.88. The summed E-state index contributed by atoms with van der Waals surface area (Å²) in [5, 5.41) is 3.49. The van der Waals surface area contributed by atoms with Crippen LogP contribution in [-0.4, -0.2) is 24.3 Å². The van der Waals surface area contributed by atoms with Crippen molar-refractivity contribution in [2.24, 2.45) is 0 Å². The first kappa shape index (κ1) is 17.2. The number of anilines is 1. The predicted molar refractivity (Wildman–Crippen MR) is 73.8 cm³/mol. The smallest absolute Gasteiger partial charge is 0.389 e. The van der Waals surface area contributed by atoms with Crippen LogP contribution in [0.15, 0.2) is 6.07 Å². The predicted octanol–water partition coefficient (Wildman–Crippen LogP) is 4.93. The summed E-state index contributed by atoms with van der Waals surface area (Å²) in [4.78, 5) is 4.06. The highest BCUT2D eigenvalue weighted by Crippen LogP contribution is 2.31. The summed E-state index contributed by atoms with van der Waals surface area (Å²) in [5.74, 6) is 0.487. The molecule has 0 amide bonds. The molecule has 0 aliphatic heterocycles. The van der Waals surface area contributed by atoms with Gasteiger partial charge in [0.15, 0.2) is 0 Å². The number of alkyl halides is 3. The third-order valence-electron chi connectivity index (χ3n) is 2.28. The Bertz CT molecular complexity index is 441. The van der Waals surface area contributed by atoms with E-state index < -0.39 is 12.6 Å². The van der Waals surface area contributed by atoms with Gasteiger partial charge in [-0.15, -0.1) is 0 Å². The highest BCUT2D eigenvalue weighted by molar-refractivity contribution is 6.36. The lowest BCUT2D eigenvalue weighted by Gasteiger charge is -2.12. The summed E-state index contributed by atoms with van der Waals surface area (Å²) in [6.07, 6.45) is -4.36. The van der Waals surface area contributed by atoms with Crippen molar-refractivity contribution in [1.82, 2.24) is 4.98 Å². The molecule has 0 fully saturated rings. The molecule has 8 heteroatoms. The van der Waals surface area contributed by atoms with Crippen LogP contribution in [0.2, 0.25) is 10.0 Å². The van der Waals surface area contributed by atoms with Crippen molar-refractivity contribution >= 4 is 29.0 Å². The van der Waals surface area contributed by atoms with Crippen molar-refractivity contribution in [1.29, 1.82) is 0 Å². The van der Waals surface area contributed by atoms with Gasteiger partial charge in [0.1, 0.15) is 10.8 Å². The number of pyridine rings is 1. The van der Waals surface area contributed by atoms with Gasteiger partial charge >= 0.3 is 6.18 Å². The minimum atomic E-state index is -4.19. The maximum absolute atomic E-state index is 12.0. The van der Waals surface area contributed by atoms with E-state index in [2.05, 4.69) is 10.3 Å². The monoisotopic (exact) mass is 330 g/mol. The van der Waals surface area contributed by atoms with E-state index in [0.717, 1.165) is 6.42 Å². The summed E-state index contributed by atoms with van der Waals surface area (Å²) in [6, 6.07) is 1.45. The van der Waals surface area contributed by atoms with Gasteiger partial charge in [-0.25, -0.2) is 0 Å². The van der Waals surface area contributed by atoms with E-state index in [1.807, 2.05) is 6.92 Å². The molecular weight excluding hydrogens is 316 g/mol. The molecule has 1 heterocycles. The minimum absolute atomic E-state index is 0.0804. The third kappa shape index (κ3) is 6.05. The zero-order valence-electron chi connectivity index (χ0n) is 10.9. The molecule has 0 spiro atoms. The van der Waals surface area contributed by atoms with Crippen molar-refractivity contribution < 1.29 is 17.9 Å². The second kappa shape index (κ2) is 7.78. The number of hydrogen-bond donors (Lipinski definition) is 1. The zero-order valence-corrected chi connectivity index (χ0v) is 12.4. The number of rotatable bonds is 7. The molecule has 1 N–H and O–H groups in total. The average molecular weight is 331 g/mol. The van der Waals surface area contributed by atoms with E-state index >= 15 is 0 Å². The highest BCUT2D eigenvalue weighted by Gasteiger charge is 2.26. The zero-order chi connectivity index (χ0) is 15.2. The van der Waals surface area contributed by atoms with Crippen molar-refractivity contribution in [2.45, 2.75) is 32.4 Å². The molecule has 0 aliphatic carbocycles. The number of ether oxygens (including phenoxy) is 1. The Kier molecular flexibility index (Phi) is 6.68. The van der Waals surface area contributed by atoms with Gasteiger partial charge in [0.05, 0.1) is 11.6 Å². The van der Waals surface area contributed by atoms with Crippen molar-refractivity contribution in [3.63, 3.8) is 0 Å². The fourth-order valence-corrected chi connectivity index (χ4v) is 1.84. The number of nitrogens with zero attached hydrogens (tertiary/aromatic N) is 1. The molecule has 0 aromatic carbocycles. The first-order valence-electron chi connectivity index (χ1n) is 6.13. The Hall–Kier alpha value is -0.880. The lowest BCUT2D eigenvalue weighted by molar-refractivity contribution is -0.136. The third-order valence-corrected chi connectivity index (χ3v) is 2.84. The maximum Gasteiger partial charge on any atom is 0.389 e. The average Bonchev–Trinajstić information content (AvgIpc) is 2.34. The van der Waals surface area contributed by atoms with Crippen LogP contribution in [0.4, 0.5) is 19.0 Å². The second-order valence-corrected chi connectivity index (χ2v) is 4.91. The molecule has 0 aliphatic rings. The van der Waals surface area contributed by atoms with Gasteiger partial charge in [0.25, 0.3) is 0 Å². The van der Waals surface area contributed by atoms with Crippen LogP contribution in [0.3, 0.4) is 0 Å². The number of halogens is 5. The molecule has 0 saturated heterocycles.